The standard InChI is InChI=1S/C32H44F2N4/c1-10-15-16-32(36(8)13-4)35-38(14-5)31-21-26(25(12-3)20-29(31)34)27(23(6)7)22-37(9)30-19-24(11-2)17-18-28(30)33/h12,14,17-23H,3,5,10-11,13,15-16H2,1-2,4,6-9H3/b27-22-,35-32-. The summed E-state index contributed by atoms with van der Waals surface area (Å²) in [5, 5.41) is 6.30. The lowest BCUT2D eigenvalue weighted by atomic mass is 9.91. The van der Waals surface area contributed by atoms with Gasteiger partial charge in [-0.2, -0.15) is 5.10 Å². The molecule has 2 rings (SSSR count). The minimum Gasteiger partial charge on any atom is -0.362 e. The largest absolute Gasteiger partial charge is 0.362 e. The van der Waals surface area contributed by atoms with Crippen LogP contribution in [0, 0.1) is 17.6 Å². The van der Waals surface area contributed by atoms with Crippen LogP contribution in [0.15, 0.2) is 61.0 Å². The summed E-state index contributed by atoms with van der Waals surface area (Å²) in [5.74, 6) is 0.228. The van der Waals surface area contributed by atoms with Gasteiger partial charge in [0.1, 0.15) is 23.2 Å². The number of anilines is 2. The molecule has 4 nitrogen and oxygen atoms in total. The van der Waals surface area contributed by atoms with E-state index in [-0.39, 0.29) is 11.7 Å². The average molecular weight is 523 g/mol. The van der Waals surface area contributed by atoms with Gasteiger partial charge < -0.3 is 9.80 Å². The molecule has 0 aromatic heterocycles. The molecule has 0 spiro atoms. The van der Waals surface area contributed by atoms with Gasteiger partial charge in [0.25, 0.3) is 0 Å². The highest BCUT2D eigenvalue weighted by Crippen LogP contribution is 2.34. The van der Waals surface area contributed by atoms with E-state index < -0.39 is 5.82 Å². The lowest BCUT2D eigenvalue weighted by molar-refractivity contribution is 0.514. The second-order valence-electron chi connectivity index (χ2n) is 9.75. The second-order valence-corrected chi connectivity index (χ2v) is 9.75. The van der Waals surface area contributed by atoms with Gasteiger partial charge >= 0.3 is 0 Å². The topological polar surface area (TPSA) is 22.1 Å². The van der Waals surface area contributed by atoms with Crippen molar-refractivity contribution in [3.05, 3.63) is 84.2 Å². The van der Waals surface area contributed by atoms with Gasteiger partial charge in [-0.25, -0.2) is 13.8 Å². The van der Waals surface area contributed by atoms with Crippen molar-refractivity contribution in [2.75, 3.05) is 30.5 Å². The molecule has 0 heterocycles. The molecule has 0 saturated heterocycles. The first kappa shape index (κ1) is 30.8. The van der Waals surface area contributed by atoms with Gasteiger partial charge in [0.15, 0.2) is 0 Å². The summed E-state index contributed by atoms with van der Waals surface area (Å²) in [6.07, 6.45) is 8.72. The summed E-state index contributed by atoms with van der Waals surface area (Å²) < 4.78 is 30.2. The van der Waals surface area contributed by atoms with E-state index in [9.17, 15) is 4.39 Å². The molecule has 0 N–H and O–H groups in total. The minimum absolute atomic E-state index is 0.0684. The van der Waals surface area contributed by atoms with E-state index in [1.807, 2.05) is 33.3 Å². The van der Waals surface area contributed by atoms with Crippen LogP contribution in [0.1, 0.15) is 70.6 Å². The van der Waals surface area contributed by atoms with Crippen molar-refractivity contribution in [2.45, 2.75) is 60.3 Å². The summed E-state index contributed by atoms with van der Waals surface area (Å²) in [7, 11) is 3.82. The molecule has 38 heavy (non-hydrogen) atoms. The SMILES string of the molecule is C=Cc1cc(F)c(N(C=C)/N=C(/CCCC)N(C)CC)cc1/C(=C\N(C)c1cc(CC)ccc1F)C(C)C. The maximum Gasteiger partial charge on any atom is 0.149 e. The van der Waals surface area contributed by atoms with Gasteiger partial charge in [-0.15, -0.1) is 0 Å². The van der Waals surface area contributed by atoms with Crippen molar-refractivity contribution < 1.29 is 8.78 Å². The monoisotopic (exact) mass is 522 g/mol. The average Bonchev–Trinajstić information content (AvgIpc) is 2.91. The van der Waals surface area contributed by atoms with Crippen LogP contribution in [0.2, 0.25) is 0 Å². The van der Waals surface area contributed by atoms with Crippen molar-refractivity contribution in [1.29, 1.82) is 0 Å². The van der Waals surface area contributed by atoms with Crippen LogP contribution in [0.5, 0.6) is 0 Å². The Hall–Kier alpha value is -3.41. The maximum atomic E-state index is 15.5. The molecule has 0 aliphatic rings. The van der Waals surface area contributed by atoms with E-state index in [1.165, 1.54) is 23.3 Å². The Morgan fingerprint density at radius 2 is 1.71 bits per heavy atom. The zero-order chi connectivity index (χ0) is 28.4. The van der Waals surface area contributed by atoms with Gasteiger partial charge in [-0.1, -0.05) is 59.4 Å². The predicted octanol–water partition coefficient (Wildman–Crippen LogP) is 8.71. The van der Waals surface area contributed by atoms with E-state index in [2.05, 4.69) is 45.8 Å². The Morgan fingerprint density at radius 3 is 2.26 bits per heavy atom. The quantitative estimate of drug-likeness (QED) is 0.149. The molecule has 0 aliphatic carbocycles. The van der Waals surface area contributed by atoms with Gasteiger partial charge in [-0.05, 0) is 72.2 Å². The molecule has 0 bridgehead atoms. The Balaban J connectivity index is 2.69. The molecular weight excluding hydrogens is 478 g/mol. The molecule has 2 aromatic carbocycles. The van der Waals surface area contributed by atoms with E-state index in [0.29, 0.717) is 16.9 Å². The van der Waals surface area contributed by atoms with Gasteiger partial charge in [0, 0.05) is 39.5 Å². The number of benzene rings is 2. The summed E-state index contributed by atoms with van der Waals surface area (Å²) in [6.45, 7) is 19.0. The third kappa shape index (κ3) is 7.56. The highest BCUT2D eigenvalue weighted by atomic mass is 19.1. The number of hydrazone groups is 1. The van der Waals surface area contributed by atoms with Crippen molar-refractivity contribution in [3.8, 4) is 0 Å². The number of allylic oxidation sites excluding steroid dienone is 1. The Kier molecular flexibility index (Phi) is 11.8. The van der Waals surface area contributed by atoms with E-state index in [4.69, 9.17) is 5.10 Å². The normalized spacial score (nSPS) is 12.1. The van der Waals surface area contributed by atoms with Crippen LogP contribution in [0.25, 0.3) is 11.6 Å². The molecule has 0 atom stereocenters. The van der Waals surface area contributed by atoms with Gasteiger partial charge in [-0.3, -0.25) is 0 Å². The molecular formula is C32H44F2N4. The fraction of sp³-hybridized carbons (Fsp3) is 0.406. The van der Waals surface area contributed by atoms with Crippen molar-refractivity contribution in [1.82, 2.24) is 4.90 Å². The summed E-state index contributed by atoms with van der Waals surface area (Å²) in [4.78, 5) is 3.86. The number of unbranched alkanes of at least 4 members (excludes halogenated alkanes) is 1. The van der Waals surface area contributed by atoms with Crippen LogP contribution in [0.4, 0.5) is 20.2 Å². The number of nitrogens with zero attached hydrogens (tertiary/aromatic N) is 4. The molecule has 0 unspecified atom stereocenters. The first-order chi connectivity index (χ1) is 18.1. The fourth-order valence-electron chi connectivity index (χ4n) is 4.18. The number of aryl methyl sites for hydroxylation is 1. The third-order valence-electron chi connectivity index (χ3n) is 6.72. The smallest absolute Gasteiger partial charge is 0.149 e. The van der Waals surface area contributed by atoms with Crippen molar-refractivity contribution >= 4 is 28.9 Å². The van der Waals surface area contributed by atoms with E-state index >= 15 is 4.39 Å². The van der Waals surface area contributed by atoms with Gasteiger partial charge in [0.05, 0.1) is 5.69 Å². The van der Waals surface area contributed by atoms with Crippen LogP contribution < -0.4 is 9.91 Å². The summed E-state index contributed by atoms with van der Waals surface area (Å²) >= 11 is 0. The van der Waals surface area contributed by atoms with Crippen LogP contribution in [-0.2, 0) is 6.42 Å². The lowest BCUT2D eigenvalue weighted by Crippen LogP contribution is -2.29. The lowest BCUT2D eigenvalue weighted by Gasteiger charge is -2.25. The third-order valence-corrected chi connectivity index (χ3v) is 6.72. The highest BCUT2D eigenvalue weighted by molar-refractivity contribution is 5.84. The van der Waals surface area contributed by atoms with Crippen LogP contribution in [0.3, 0.4) is 0 Å². The molecule has 206 valence electrons. The number of hydrogen-bond acceptors (Lipinski definition) is 3. The Labute approximate surface area is 228 Å². The Bertz CT molecular complexity index is 1170. The number of halogens is 2. The Morgan fingerprint density at radius 1 is 1.00 bits per heavy atom. The number of amidine groups is 1. The van der Waals surface area contributed by atoms with E-state index in [0.717, 1.165) is 54.8 Å². The zero-order valence-corrected chi connectivity index (χ0v) is 24.2. The summed E-state index contributed by atoms with van der Waals surface area (Å²) in [6, 6.07) is 8.44. The van der Waals surface area contributed by atoms with Crippen LogP contribution >= 0.6 is 0 Å². The predicted molar refractivity (Wildman–Crippen MR) is 161 cm³/mol. The zero-order valence-electron chi connectivity index (χ0n) is 24.2. The highest BCUT2D eigenvalue weighted by Gasteiger charge is 2.19. The van der Waals surface area contributed by atoms with Crippen molar-refractivity contribution in [3.63, 3.8) is 0 Å². The molecule has 0 radical (unpaired) electrons. The van der Waals surface area contributed by atoms with E-state index in [1.54, 1.807) is 23.1 Å². The summed E-state index contributed by atoms with van der Waals surface area (Å²) in [5.41, 5.74) is 4.24. The van der Waals surface area contributed by atoms with Gasteiger partial charge in [0.2, 0.25) is 0 Å². The minimum atomic E-state index is -0.417. The first-order valence-electron chi connectivity index (χ1n) is 13.5. The molecule has 0 aliphatic heterocycles. The number of hydrogen-bond donors (Lipinski definition) is 0. The molecule has 2 aromatic rings. The molecule has 0 fully saturated rings. The molecule has 6 heteroatoms. The molecule has 0 amide bonds. The first-order valence-corrected chi connectivity index (χ1v) is 13.5. The maximum absolute atomic E-state index is 15.5. The number of rotatable bonds is 13. The van der Waals surface area contributed by atoms with Crippen LogP contribution in [-0.4, -0.2) is 31.4 Å². The molecule has 0 saturated carbocycles. The second kappa shape index (κ2) is 14.5. The van der Waals surface area contributed by atoms with Crippen molar-refractivity contribution in [2.24, 2.45) is 11.0 Å². The fourth-order valence-corrected chi connectivity index (χ4v) is 4.18.